The third-order valence-electron chi connectivity index (χ3n) is 4.51. The molecule has 0 atom stereocenters. The van der Waals surface area contributed by atoms with E-state index in [1.807, 2.05) is 18.2 Å². The zero-order valence-corrected chi connectivity index (χ0v) is 15.5. The van der Waals surface area contributed by atoms with Gasteiger partial charge >= 0.3 is 6.03 Å². The zero-order chi connectivity index (χ0) is 19.2. The molecule has 2 aromatic carbocycles. The van der Waals surface area contributed by atoms with E-state index in [0.29, 0.717) is 48.9 Å². The fourth-order valence-electron chi connectivity index (χ4n) is 2.99. The molecular formula is C20H23N3O4. The molecule has 7 nitrogen and oxygen atoms in total. The largest absolute Gasteiger partial charge is 0.493 e. The van der Waals surface area contributed by atoms with Gasteiger partial charge in [0, 0.05) is 43.5 Å². The van der Waals surface area contributed by atoms with E-state index in [2.05, 4.69) is 5.32 Å². The van der Waals surface area contributed by atoms with Crippen molar-refractivity contribution >= 4 is 17.6 Å². The average Bonchev–Trinajstić information content (AvgIpc) is 2.73. The number of rotatable bonds is 4. The average molecular weight is 369 g/mol. The summed E-state index contributed by atoms with van der Waals surface area (Å²) in [5.41, 5.74) is 1.29. The van der Waals surface area contributed by atoms with Gasteiger partial charge < -0.3 is 24.6 Å². The summed E-state index contributed by atoms with van der Waals surface area (Å²) in [5, 5.41) is 2.86. The number of methoxy groups -OCH3 is 2. The lowest BCUT2D eigenvalue weighted by molar-refractivity contribution is 0.0671. The van der Waals surface area contributed by atoms with Crippen LogP contribution in [0, 0.1) is 0 Å². The number of amides is 3. The molecule has 3 amide bonds. The second kappa shape index (κ2) is 8.44. The predicted molar refractivity (Wildman–Crippen MR) is 102 cm³/mol. The Balaban J connectivity index is 1.56. The molecule has 1 fully saturated rings. The first-order chi connectivity index (χ1) is 13.1. The van der Waals surface area contributed by atoms with Gasteiger partial charge in [0.1, 0.15) is 0 Å². The molecule has 0 spiro atoms. The molecule has 0 saturated carbocycles. The molecule has 7 heteroatoms. The highest BCUT2D eigenvalue weighted by atomic mass is 16.5. The molecule has 0 radical (unpaired) electrons. The minimum Gasteiger partial charge on any atom is -0.493 e. The standard InChI is InChI=1S/C20H23N3O4/c1-26-17-9-8-16(14-18(17)27-2)21-20(25)23-12-10-22(11-13-23)19(24)15-6-4-3-5-7-15/h3-9,14H,10-13H2,1-2H3,(H,21,25). The number of nitrogens with one attached hydrogen (secondary N) is 1. The number of carbonyl (C=O) groups excluding carboxylic acids is 2. The van der Waals surface area contributed by atoms with Gasteiger partial charge in [0.2, 0.25) is 0 Å². The lowest BCUT2D eigenvalue weighted by atomic mass is 10.2. The topological polar surface area (TPSA) is 71.1 Å². The first-order valence-corrected chi connectivity index (χ1v) is 8.74. The van der Waals surface area contributed by atoms with Crippen molar-refractivity contribution in [1.82, 2.24) is 9.80 Å². The summed E-state index contributed by atoms with van der Waals surface area (Å²) < 4.78 is 10.4. The molecule has 1 heterocycles. The number of carbonyl (C=O) groups is 2. The molecule has 0 bridgehead atoms. The fraction of sp³-hybridized carbons (Fsp3) is 0.300. The zero-order valence-electron chi connectivity index (χ0n) is 15.5. The second-order valence-electron chi connectivity index (χ2n) is 6.15. The molecule has 1 saturated heterocycles. The second-order valence-corrected chi connectivity index (χ2v) is 6.15. The van der Waals surface area contributed by atoms with Crippen LogP contribution < -0.4 is 14.8 Å². The van der Waals surface area contributed by atoms with E-state index < -0.39 is 0 Å². The van der Waals surface area contributed by atoms with Crippen LogP contribution >= 0.6 is 0 Å². The Morgan fingerprint density at radius 3 is 2.11 bits per heavy atom. The van der Waals surface area contributed by atoms with E-state index in [0.717, 1.165) is 0 Å². The highest BCUT2D eigenvalue weighted by molar-refractivity contribution is 5.94. The highest BCUT2D eigenvalue weighted by Crippen LogP contribution is 2.29. The van der Waals surface area contributed by atoms with Crippen LogP contribution in [0.1, 0.15) is 10.4 Å². The van der Waals surface area contributed by atoms with Crippen molar-refractivity contribution in [2.24, 2.45) is 0 Å². The van der Waals surface area contributed by atoms with Crippen molar-refractivity contribution in [2.75, 3.05) is 45.7 Å². The van der Waals surface area contributed by atoms with Gasteiger partial charge in [-0.3, -0.25) is 4.79 Å². The van der Waals surface area contributed by atoms with Crippen molar-refractivity contribution in [3.05, 3.63) is 54.1 Å². The summed E-state index contributed by atoms with van der Waals surface area (Å²) >= 11 is 0. The first kappa shape index (κ1) is 18.6. The van der Waals surface area contributed by atoms with Crippen molar-refractivity contribution in [1.29, 1.82) is 0 Å². The molecule has 1 N–H and O–H groups in total. The van der Waals surface area contributed by atoms with Crippen LogP contribution in [0.25, 0.3) is 0 Å². The van der Waals surface area contributed by atoms with Gasteiger partial charge in [-0.25, -0.2) is 4.79 Å². The van der Waals surface area contributed by atoms with Crippen molar-refractivity contribution in [3.8, 4) is 11.5 Å². The Kier molecular flexibility index (Phi) is 5.80. The third kappa shape index (κ3) is 4.31. The van der Waals surface area contributed by atoms with Crippen LogP contribution in [0.2, 0.25) is 0 Å². The quantitative estimate of drug-likeness (QED) is 0.900. The van der Waals surface area contributed by atoms with Gasteiger partial charge in [0.25, 0.3) is 5.91 Å². The van der Waals surface area contributed by atoms with Gasteiger partial charge in [0.05, 0.1) is 14.2 Å². The molecule has 2 aromatic rings. The van der Waals surface area contributed by atoms with E-state index in [4.69, 9.17) is 9.47 Å². The summed E-state index contributed by atoms with van der Waals surface area (Å²) in [6, 6.07) is 14.2. The number of ether oxygens (including phenoxy) is 2. The number of hydrogen-bond donors (Lipinski definition) is 1. The summed E-state index contributed by atoms with van der Waals surface area (Å²) in [4.78, 5) is 28.5. The molecule has 0 aromatic heterocycles. The first-order valence-electron chi connectivity index (χ1n) is 8.74. The molecule has 0 aliphatic carbocycles. The predicted octanol–water partition coefficient (Wildman–Crippen LogP) is 2.69. The number of anilines is 1. The van der Waals surface area contributed by atoms with Gasteiger partial charge in [0.15, 0.2) is 11.5 Å². The lowest BCUT2D eigenvalue weighted by Gasteiger charge is -2.34. The Morgan fingerprint density at radius 2 is 1.48 bits per heavy atom. The fourth-order valence-corrected chi connectivity index (χ4v) is 2.99. The van der Waals surface area contributed by atoms with Crippen molar-refractivity contribution in [2.45, 2.75) is 0 Å². The van der Waals surface area contributed by atoms with Crippen molar-refractivity contribution in [3.63, 3.8) is 0 Å². The Morgan fingerprint density at radius 1 is 0.852 bits per heavy atom. The molecule has 3 rings (SSSR count). The maximum Gasteiger partial charge on any atom is 0.321 e. The summed E-state index contributed by atoms with van der Waals surface area (Å²) in [6.45, 7) is 1.98. The normalized spacial score (nSPS) is 13.9. The van der Waals surface area contributed by atoms with E-state index in [9.17, 15) is 9.59 Å². The maximum atomic E-state index is 12.5. The van der Waals surface area contributed by atoms with Crippen LogP contribution in [0.15, 0.2) is 48.5 Å². The van der Waals surface area contributed by atoms with E-state index in [-0.39, 0.29) is 11.9 Å². The molecule has 142 valence electrons. The number of hydrogen-bond acceptors (Lipinski definition) is 4. The van der Waals surface area contributed by atoms with Gasteiger partial charge in [-0.05, 0) is 24.3 Å². The summed E-state index contributed by atoms with van der Waals surface area (Å²) in [7, 11) is 3.11. The van der Waals surface area contributed by atoms with Gasteiger partial charge in [-0.2, -0.15) is 0 Å². The van der Waals surface area contributed by atoms with E-state index in [1.54, 1.807) is 54.4 Å². The number of nitrogens with zero attached hydrogens (tertiary/aromatic N) is 2. The van der Waals surface area contributed by atoms with Gasteiger partial charge in [-0.15, -0.1) is 0 Å². The number of urea groups is 1. The lowest BCUT2D eigenvalue weighted by Crippen LogP contribution is -2.51. The minimum atomic E-state index is -0.200. The van der Waals surface area contributed by atoms with Crippen molar-refractivity contribution < 1.29 is 19.1 Å². The molecule has 27 heavy (non-hydrogen) atoms. The minimum absolute atomic E-state index is 0.00412. The Bertz CT molecular complexity index is 802. The molecule has 1 aliphatic heterocycles. The number of piperazine rings is 1. The van der Waals surface area contributed by atoms with Crippen LogP contribution in [-0.4, -0.2) is 62.1 Å². The maximum absolute atomic E-state index is 12.5. The van der Waals surface area contributed by atoms with Gasteiger partial charge in [-0.1, -0.05) is 18.2 Å². The Labute approximate surface area is 158 Å². The molecule has 0 unspecified atom stereocenters. The Hall–Kier alpha value is -3.22. The summed E-state index contributed by atoms with van der Waals surface area (Å²) in [5.74, 6) is 1.15. The van der Waals surface area contributed by atoms with E-state index in [1.165, 1.54) is 0 Å². The monoisotopic (exact) mass is 369 g/mol. The number of benzene rings is 2. The molecular weight excluding hydrogens is 346 g/mol. The van der Waals surface area contributed by atoms with E-state index >= 15 is 0 Å². The van der Waals surface area contributed by atoms with Crippen LogP contribution in [-0.2, 0) is 0 Å². The van der Waals surface area contributed by atoms with Crippen LogP contribution in [0.4, 0.5) is 10.5 Å². The highest BCUT2D eigenvalue weighted by Gasteiger charge is 2.25. The summed E-state index contributed by atoms with van der Waals surface area (Å²) in [6.07, 6.45) is 0. The van der Waals surface area contributed by atoms with Crippen LogP contribution in [0.3, 0.4) is 0 Å². The molecule has 1 aliphatic rings. The smallest absolute Gasteiger partial charge is 0.321 e. The third-order valence-corrected chi connectivity index (χ3v) is 4.51. The SMILES string of the molecule is COc1ccc(NC(=O)N2CCN(C(=O)c3ccccc3)CC2)cc1OC. The van der Waals surface area contributed by atoms with Crippen LogP contribution in [0.5, 0.6) is 11.5 Å².